The maximum Gasteiger partial charge on any atom is 0.342 e. The van der Waals surface area contributed by atoms with E-state index < -0.39 is 24.3 Å². The second-order valence-electron chi connectivity index (χ2n) is 4.41. The third kappa shape index (κ3) is 4.67. The number of nitrogens with one attached hydrogen (secondary N) is 1. The van der Waals surface area contributed by atoms with Gasteiger partial charge in [0, 0.05) is 9.50 Å². The van der Waals surface area contributed by atoms with Gasteiger partial charge in [-0.3, -0.25) is 4.79 Å². The Balaban J connectivity index is 1.97. The summed E-state index contributed by atoms with van der Waals surface area (Å²) in [5.41, 5.74) is -0.218. The zero-order chi connectivity index (χ0) is 17.0. The molecule has 0 unspecified atom stereocenters. The van der Waals surface area contributed by atoms with Crippen molar-refractivity contribution in [3.05, 3.63) is 57.3 Å². The molecule has 0 aliphatic heterocycles. The van der Waals surface area contributed by atoms with E-state index in [2.05, 4.69) is 21.2 Å². The zero-order valence-corrected chi connectivity index (χ0v) is 13.8. The van der Waals surface area contributed by atoms with Gasteiger partial charge in [0.1, 0.15) is 17.1 Å². The number of carbonyl (C=O) groups excluding carboxylic acids is 2. The Bertz CT molecular complexity index is 769. The van der Waals surface area contributed by atoms with Crippen LogP contribution in [0, 0.1) is 5.82 Å². The molecule has 2 aromatic carbocycles. The monoisotopic (exact) mass is 401 g/mol. The number of ether oxygens (including phenoxy) is 1. The minimum absolute atomic E-state index is 0.0962. The second kappa shape index (κ2) is 7.43. The Kier molecular flexibility index (Phi) is 5.57. The van der Waals surface area contributed by atoms with Gasteiger partial charge in [-0.05, 0) is 36.4 Å². The SMILES string of the molecule is O=C(COC(=O)c1cc(Br)ccc1O)Nc1cc(Cl)ccc1F. The van der Waals surface area contributed by atoms with Crippen LogP contribution >= 0.6 is 27.5 Å². The van der Waals surface area contributed by atoms with Crippen molar-refractivity contribution in [1.29, 1.82) is 0 Å². The summed E-state index contributed by atoms with van der Waals surface area (Å²) in [5, 5.41) is 12.1. The van der Waals surface area contributed by atoms with E-state index >= 15 is 0 Å². The highest BCUT2D eigenvalue weighted by Gasteiger charge is 2.15. The van der Waals surface area contributed by atoms with Crippen molar-refractivity contribution in [2.45, 2.75) is 0 Å². The number of halogens is 3. The summed E-state index contributed by atoms with van der Waals surface area (Å²) in [5.74, 6) is -2.57. The number of hydrogen-bond acceptors (Lipinski definition) is 4. The van der Waals surface area contributed by atoms with Gasteiger partial charge < -0.3 is 15.2 Å². The third-order valence-electron chi connectivity index (χ3n) is 2.72. The van der Waals surface area contributed by atoms with Gasteiger partial charge in [-0.15, -0.1) is 0 Å². The molecular formula is C15H10BrClFNO4. The van der Waals surface area contributed by atoms with Crippen LogP contribution in [0.15, 0.2) is 40.9 Å². The highest BCUT2D eigenvalue weighted by Crippen LogP contribution is 2.23. The number of amides is 1. The Labute approximate surface area is 144 Å². The first-order chi connectivity index (χ1) is 10.9. The normalized spacial score (nSPS) is 10.2. The summed E-state index contributed by atoms with van der Waals surface area (Å²) in [7, 11) is 0. The van der Waals surface area contributed by atoms with Crippen LogP contribution in [0.3, 0.4) is 0 Å². The molecule has 0 saturated carbocycles. The quantitative estimate of drug-likeness (QED) is 0.764. The van der Waals surface area contributed by atoms with Crippen LogP contribution < -0.4 is 5.32 Å². The average molecular weight is 403 g/mol. The molecule has 0 spiro atoms. The minimum atomic E-state index is -0.884. The van der Waals surface area contributed by atoms with E-state index in [1.165, 1.54) is 24.3 Å². The molecule has 2 aromatic rings. The number of anilines is 1. The maximum atomic E-state index is 13.5. The second-order valence-corrected chi connectivity index (χ2v) is 5.76. The molecule has 0 saturated heterocycles. The first-order valence-corrected chi connectivity index (χ1v) is 7.44. The topological polar surface area (TPSA) is 75.6 Å². The number of esters is 1. The molecule has 0 fully saturated rings. The predicted octanol–water partition coefficient (Wildman–Crippen LogP) is 3.74. The molecule has 0 aliphatic rings. The van der Waals surface area contributed by atoms with E-state index in [0.29, 0.717) is 4.47 Å². The van der Waals surface area contributed by atoms with E-state index in [0.717, 1.165) is 6.07 Å². The number of hydrogen-bond donors (Lipinski definition) is 2. The lowest BCUT2D eigenvalue weighted by Gasteiger charge is -2.08. The van der Waals surface area contributed by atoms with Gasteiger partial charge in [-0.25, -0.2) is 9.18 Å². The van der Waals surface area contributed by atoms with Gasteiger partial charge >= 0.3 is 5.97 Å². The number of carbonyl (C=O) groups is 2. The van der Waals surface area contributed by atoms with Crippen LogP contribution in [0.1, 0.15) is 10.4 Å². The predicted molar refractivity (Wildman–Crippen MR) is 86.1 cm³/mol. The fourth-order valence-electron chi connectivity index (χ4n) is 1.66. The van der Waals surface area contributed by atoms with Gasteiger partial charge in [-0.2, -0.15) is 0 Å². The van der Waals surface area contributed by atoms with Crippen LogP contribution in [-0.2, 0) is 9.53 Å². The van der Waals surface area contributed by atoms with Crippen molar-refractivity contribution < 1.29 is 23.8 Å². The van der Waals surface area contributed by atoms with Gasteiger partial charge in [0.05, 0.1) is 5.69 Å². The molecule has 2 N–H and O–H groups in total. The van der Waals surface area contributed by atoms with Crippen molar-refractivity contribution in [1.82, 2.24) is 0 Å². The van der Waals surface area contributed by atoms with Gasteiger partial charge in [0.25, 0.3) is 5.91 Å². The van der Waals surface area contributed by atoms with Crippen LogP contribution in [0.25, 0.3) is 0 Å². The van der Waals surface area contributed by atoms with Crippen LogP contribution in [-0.4, -0.2) is 23.6 Å². The number of rotatable bonds is 4. The van der Waals surface area contributed by atoms with Crippen molar-refractivity contribution >= 4 is 45.1 Å². The van der Waals surface area contributed by atoms with Crippen molar-refractivity contribution in [2.24, 2.45) is 0 Å². The number of benzene rings is 2. The molecule has 2 rings (SSSR count). The van der Waals surface area contributed by atoms with Crippen LogP contribution in [0.2, 0.25) is 5.02 Å². The summed E-state index contributed by atoms with van der Waals surface area (Å²) < 4.78 is 18.8. The minimum Gasteiger partial charge on any atom is -0.507 e. The van der Waals surface area contributed by atoms with Gasteiger partial charge in [0.2, 0.25) is 0 Å². The molecule has 23 heavy (non-hydrogen) atoms. The number of phenols is 1. The van der Waals surface area contributed by atoms with E-state index in [9.17, 15) is 19.1 Å². The van der Waals surface area contributed by atoms with Crippen LogP contribution in [0.5, 0.6) is 5.75 Å². The van der Waals surface area contributed by atoms with Crippen molar-refractivity contribution in [2.75, 3.05) is 11.9 Å². The first-order valence-electron chi connectivity index (χ1n) is 6.27. The molecule has 1 amide bonds. The summed E-state index contributed by atoms with van der Waals surface area (Å²) in [6, 6.07) is 7.87. The first kappa shape index (κ1) is 17.2. The lowest BCUT2D eigenvalue weighted by atomic mass is 10.2. The molecule has 8 heteroatoms. The fourth-order valence-corrected chi connectivity index (χ4v) is 2.19. The highest BCUT2D eigenvalue weighted by molar-refractivity contribution is 9.10. The summed E-state index contributed by atoms with van der Waals surface area (Å²) in [6.45, 7) is -0.642. The molecule has 0 atom stereocenters. The molecule has 0 aliphatic carbocycles. The highest BCUT2D eigenvalue weighted by atomic mass is 79.9. The molecule has 0 bridgehead atoms. The van der Waals surface area contributed by atoms with E-state index in [4.69, 9.17) is 16.3 Å². The Morgan fingerprint density at radius 3 is 2.74 bits per heavy atom. The maximum absolute atomic E-state index is 13.5. The summed E-state index contributed by atoms with van der Waals surface area (Å²) in [4.78, 5) is 23.5. The van der Waals surface area contributed by atoms with E-state index in [1.807, 2.05) is 0 Å². The van der Waals surface area contributed by atoms with Gasteiger partial charge in [0.15, 0.2) is 6.61 Å². The van der Waals surface area contributed by atoms with Crippen molar-refractivity contribution in [3.8, 4) is 5.75 Å². The summed E-state index contributed by atoms with van der Waals surface area (Å²) >= 11 is 8.86. The van der Waals surface area contributed by atoms with Crippen LogP contribution in [0.4, 0.5) is 10.1 Å². The summed E-state index contributed by atoms with van der Waals surface area (Å²) in [6.07, 6.45) is 0. The molecule has 120 valence electrons. The smallest absolute Gasteiger partial charge is 0.342 e. The van der Waals surface area contributed by atoms with Crippen molar-refractivity contribution in [3.63, 3.8) is 0 Å². The lowest BCUT2D eigenvalue weighted by Crippen LogP contribution is -2.21. The molecule has 5 nitrogen and oxygen atoms in total. The van der Waals surface area contributed by atoms with E-state index in [-0.39, 0.29) is 22.0 Å². The fraction of sp³-hybridized carbons (Fsp3) is 0.0667. The number of phenolic OH excluding ortho intramolecular Hbond substituents is 1. The standard InChI is InChI=1S/C15H10BrClFNO4/c16-8-1-4-13(20)10(5-8)15(22)23-7-14(21)19-12-6-9(17)2-3-11(12)18/h1-6,20H,7H2,(H,19,21). The lowest BCUT2D eigenvalue weighted by molar-refractivity contribution is -0.119. The largest absolute Gasteiger partial charge is 0.507 e. The average Bonchev–Trinajstić information content (AvgIpc) is 2.51. The Morgan fingerprint density at radius 1 is 1.26 bits per heavy atom. The third-order valence-corrected chi connectivity index (χ3v) is 3.44. The molecule has 0 heterocycles. The van der Waals surface area contributed by atoms with E-state index in [1.54, 1.807) is 6.07 Å². The number of aromatic hydroxyl groups is 1. The molecule has 0 aromatic heterocycles. The Hall–Kier alpha value is -2.12. The Morgan fingerprint density at radius 2 is 2.00 bits per heavy atom. The zero-order valence-electron chi connectivity index (χ0n) is 11.5. The molecule has 0 radical (unpaired) electrons. The molecular weight excluding hydrogens is 393 g/mol. The van der Waals surface area contributed by atoms with Gasteiger partial charge in [-0.1, -0.05) is 27.5 Å².